The van der Waals surface area contributed by atoms with Gasteiger partial charge < -0.3 is 4.90 Å². The fourth-order valence-electron chi connectivity index (χ4n) is 2.52. The fraction of sp³-hybridized carbons (Fsp3) is 0. The van der Waals surface area contributed by atoms with Gasteiger partial charge in [0.1, 0.15) is 4.60 Å². The molecule has 0 amide bonds. The molecule has 3 heteroatoms. The van der Waals surface area contributed by atoms with Crippen LogP contribution in [0.5, 0.6) is 0 Å². The second-order valence-corrected chi connectivity index (χ2v) is 6.31. The van der Waals surface area contributed by atoms with Gasteiger partial charge in [0, 0.05) is 23.3 Å². The molecule has 1 aromatic heterocycles. The van der Waals surface area contributed by atoms with Crippen LogP contribution in [0.4, 0.5) is 17.1 Å². The van der Waals surface area contributed by atoms with Crippen molar-refractivity contribution in [3.05, 3.63) is 120 Å². The van der Waals surface area contributed by atoms with Crippen LogP contribution in [0, 0.1) is 0 Å². The Balaban J connectivity index is 0.000000236. The third kappa shape index (κ3) is 5.04. The molecule has 0 atom stereocenters. The molecule has 26 heavy (non-hydrogen) atoms. The molecule has 2 nitrogen and oxygen atoms in total. The number of anilines is 3. The predicted octanol–water partition coefficient (Wildman–Crippen LogP) is 7.00. The zero-order valence-electron chi connectivity index (χ0n) is 14.2. The average Bonchev–Trinajstić information content (AvgIpc) is 2.72. The molecular formula is C23H19BrN2. The number of hydrogen-bond acceptors (Lipinski definition) is 2. The predicted molar refractivity (Wildman–Crippen MR) is 113 cm³/mol. The molecule has 0 spiro atoms. The summed E-state index contributed by atoms with van der Waals surface area (Å²) in [5.41, 5.74) is 3.50. The number of para-hydroxylation sites is 3. The van der Waals surface area contributed by atoms with Crippen molar-refractivity contribution in [1.82, 2.24) is 4.98 Å². The number of halogens is 1. The molecule has 0 saturated heterocycles. The average molecular weight is 403 g/mol. The van der Waals surface area contributed by atoms with Crippen LogP contribution < -0.4 is 4.90 Å². The van der Waals surface area contributed by atoms with Gasteiger partial charge in [0.2, 0.25) is 0 Å². The summed E-state index contributed by atoms with van der Waals surface area (Å²) in [4.78, 5) is 6.15. The van der Waals surface area contributed by atoms with Gasteiger partial charge in [-0.25, -0.2) is 4.98 Å². The Kier molecular flexibility index (Phi) is 6.57. The van der Waals surface area contributed by atoms with E-state index in [1.807, 2.05) is 36.4 Å². The molecule has 4 aromatic rings. The van der Waals surface area contributed by atoms with Gasteiger partial charge in [0.25, 0.3) is 0 Å². The van der Waals surface area contributed by atoms with Gasteiger partial charge in [-0.3, -0.25) is 0 Å². The first-order valence-electron chi connectivity index (χ1n) is 8.36. The third-order valence-electron chi connectivity index (χ3n) is 3.67. The Hall–Kier alpha value is -2.91. The normalized spacial score (nSPS) is 9.73. The summed E-state index contributed by atoms with van der Waals surface area (Å²) in [7, 11) is 0. The second-order valence-electron chi connectivity index (χ2n) is 5.49. The Bertz CT molecular complexity index is 788. The van der Waals surface area contributed by atoms with Crippen molar-refractivity contribution < 1.29 is 0 Å². The van der Waals surface area contributed by atoms with E-state index >= 15 is 0 Å². The fourth-order valence-corrected chi connectivity index (χ4v) is 2.79. The van der Waals surface area contributed by atoms with Crippen LogP contribution in [-0.4, -0.2) is 4.98 Å². The SMILES string of the molecule is Brc1ccccn1.c1ccc(N(c2ccccc2)c2ccccc2)cc1. The molecule has 0 unspecified atom stereocenters. The lowest BCUT2D eigenvalue weighted by Gasteiger charge is -2.25. The van der Waals surface area contributed by atoms with E-state index in [4.69, 9.17) is 0 Å². The van der Waals surface area contributed by atoms with Gasteiger partial charge in [0.15, 0.2) is 0 Å². The molecule has 3 aromatic carbocycles. The summed E-state index contributed by atoms with van der Waals surface area (Å²) in [6.45, 7) is 0. The van der Waals surface area contributed by atoms with Crippen molar-refractivity contribution >= 4 is 33.0 Å². The number of pyridine rings is 1. The zero-order chi connectivity index (χ0) is 18.0. The molecule has 0 N–H and O–H groups in total. The monoisotopic (exact) mass is 402 g/mol. The number of rotatable bonds is 3. The van der Waals surface area contributed by atoms with Crippen LogP contribution in [0.15, 0.2) is 120 Å². The van der Waals surface area contributed by atoms with E-state index < -0.39 is 0 Å². The van der Waals surface area contributed by atoms with Crippen molar-refractivity contribution in [2.45, 2.75) is 0 Å². The van der Waals surface area contributed by atoms with Crippen LogP contribution in [0.2, 0.25) is 0 Å². The van der Waals surface area contributed by atoms with E-state index in [-0.39, 0.29) is 0 Å². The van der Waals surface area contributed by atoms with Crippen LogP contribution in [0.3, 0.4) is 0 Å². The Morgan fingerprint density at radius 2 is 0.885 bits per heavy atom. The first kappa shape index (κ1) is 17.9. The van der Waals surface area contributed by atoms with Crippen molar-refractivity contribution in [2.75, 3.05) is 4.90 Å². The van der Waals surface area contributed by atoms with Gasteiger partial charge in [-0.2, -0.15) is 0 Å². The highest BCUT2D eigenvalue weighted by Crippen LogP contribution is 2.33. The van der Waals surface area contributed by atoms with Gasteiger partial charge in [-0.15, -0.1) is 0 Å². The number of nitrogens with zero attached hydrogens (tertiary/aromatic N) is 2. The summed E-state index contributed by atoms with van der Waals surface area (Å²) >= 11 is 3.20. The van der Waals surface area contributed by atoms with Crippen LogP contribution >= 0.6 is 15.9 Å². The molecule has 0 saturated carbocycles. The summed E-state index contributed by atoms with van der Waals surface area (Å²) in [5, 5.41) is 0. The van der Waals surface area contributed by atoms with Gasteiger partial charge >= 0.3 is 0 Å². The summed E-state index contributed by atoms with van der Waals surface area (Å²) in [5.74, 6) is 0. The van der Waals surface area contributed by atoms with Crippen LogP contribution in [0.1, 0.15) is 0 Å². The smallest absolute Gasteiger partial charge is 0.106 e. The lowest BCUT2D eigenvalue weighted by atomic mass is 10.2. The standard InChI is InChI=1S/C18H15N.C5H4BrN/c1-4-10-16(11-5-1)19(17-12-6-2-7-13-17)18-14-8-3-9-15-18;6-5-3-1-2-4-7-5/h1-15H;1-4H. The number of hydrogen-bond donors (Lipinski definition) is 0. The quantitative estimate of drug-likeness (QED) is 0.342. The van der Waals surface area contributed by atoms with E-state index in [0.29, 0.717) is 0 Å². The molecule has 0 aliphatic rings. The van der Waals surface area contributed by atoms with Gasteiger partial charge in [-0.05, 0) is 64.5 Å². The minimum absolute atomic E-state index is 0.884. The maximum Gasteiger partial charge on any atom is 0.106 e. The van der Waals surface area contributed by atoms with Crippen LogP contribution in [-0.2, 0) is 0 Å². The van der Waals surface area contributed by atoms with E-state index in [2.05, 4.69) is 98.6 Å². The summed E-state index contributed by atoms with van der Waals surface area (Å²) in [6, 6.07) is 36.9. The van der Waals surface area contributed by atoms with E-state index in [1.54, 1.807) is 6.20 Å². The molecule has 0 bridgehead atoms. The van der Waals surface area contributed by atoms with E-state index in [1.165, 1.54) is 17.1 Å². The highest BCUT2D eigenvalue weighted by atomic mass is 79.9. The third-order valence-corrected chi connectivity index (χ3v) is 4.14. The summed E-state index contributed by atoms with van der Waals surface area (Å²) < 4.78 is 0.884. The molecule has 4 rings (SSSR count). The maximum absolute atomic E-state index is 3.90. The van der Waals surface area contributed by atoms with Gasteiger partial charge in [0.05, 0.1) is 0 Å². The summed E-state index contributed by atoms with van der Waals surface area (Å²) in [6.07, 6.45) is 1.74. The highest BCUT2D eigenvalue weighted by Gasteiger charge is 2.10. The van der Waals surface area contributed by atoms with E-state index in [0.717, 1.165) is 4.60 Å². The number of aromatic nitrogens is 1. The number of benzene rings is 3. The molecule has 0 fully saturated rings. The van der Waals surface area contributed by atoms with Gasteiger partial charge in [-0.1, -0.05) is 60.7 Å². The maximum atomic E-state index is 3.90. The topological polar surface area (TPSA) is 16.1 Å². The highest BCUT2D eigenvalue weighted by molar-refractivity contribution is 9.10. The second kappa shape index (κ2) is 9.54. The van der Waals surface area contributed by atoms with E-state index in [9.17, 15) is 0 Å². The molecular weight excluding hydrogens is 384 g/mol. The molecule has 128 valence electrons. The first-order chi connectivity index (χ1) is 12.8. The minimum atomic E-state index is 0.884. The Morgan fingerprint density at radius 3 is 1.15 bits per heavy atom. The molecule has 0 aliphatic heterocycles. The zero-order valence-corrected chi connectivity index (χ0v) is 15.8. The lowest BCUT2D eigenvalue weighted by Crippen LogP contribution is -2.09. The van der Waals surface area contributed by atoms with Crippen molar-refractivity contribution in [1.29, 1.82) is 0 Å². The lowest BCUT2D eigenvalue weighted by molar-refractivity contribution is 1.28. The first-order valence-corrected chi connectivity index (χ1v) is 9.16. The van der Waals surface area contributed by atoms with Crippen molar-refractivity contribution in [3.8, 4) is 0 Å². The van der Waals surface area contributed by atoms with Crippen molar-refractivity contribution in [3.63, 3.8) is 0 Å². The largest absolute Gasteiger partial charge is 0.311 e. The molecule has 0 radical (unpaired) electrons. The Labute approximate surface area is 162 Å². The molecule has 1 heterocycles. The Morgan fingerprint density at radius 1 is 0.500 bits per heavy atom. The van der Waals surface area contributed by atoms with Crippen molar-refractivity contribution in [2.24, 2.45) is 0 Å². The van der Waals surface area contributed by atoms with Crippen LogP contribution in [0.25, 0.3) is 0 Å². The minimum Gasteiger partial charge on any atom is -0.311 e. The molecule has 0 aliphatic carbocycles.